The zero-order chi connectivity index (χ0) is 15.5. The van der Waals surface area contributed by atoms with Gasteiger partial charge in [0.2, 0.25) is 10.0 Å². The van der Waals surface area contributed by atoms with Gasteiger partial charge in [0, 0.05) is 11.0 Å². The summed E-state index contributed by atoms with van der Waals surface area (Å²) >= 11 is 3.38. The zero-order valence-electron chi connectivity index (χ0n) is 11.5. The van der Waals surface area contributed by atoms with Gasteiger partial charge >= 0.3 is 0 Å². The fraction of sp³-hybridized carbons (Fsp3) is 0.200. The van der Waals surface area contributed by atoms with Crippen LogP contribution in [0.3, 0.4) is 0 Å². The number of benzene rings is 2. The van der Waals surface area contributed by atoms with Crippen LogP contribution in [0.1, 0.15) is 16.7 Å². The smallest absolute Gasteiger partial charge is 0.240 e. The molecule has 0 bridgehead atoms. The van der Waals surface area contributed by atoms with Crippen molar-refractivity contribution in [3.8, 4) is 0 Å². The monoisotopic (exact) mass is 369 g/mol. The molecule has 6 heteroatoms. The SMILES string of the molecule is Cc1ccc(S(=O)(=O)NCc2ccccc2Br)cc1CO. The van der Waals surface area contributed by atoms with E-state index in [1.54, 1.807) is 6.07 Å². The number of aryl methyl sites for hydroxylation is 1. The molecule has 0 aromatic heterocycles. The van der Waals surface area contributed by atoms with Crippen LogP contribution in [0.2, 0.25) is 0 Å². The Morgan fingerprint density at radius 2 is 1.86 bits per heavy atom. The summed E-state index contributed by atoms with van der Waals surface area (Å²) in [6.45, 7) is 1.85. The molecule has 0 saturated carbocycles. The van der Waals surface area contributed by atoms with Gasteiger partial charge < -0.3 is 5.11 Å². The van der Waals surface area contributed by atoms with E-state index >= 15 is 0 Å². The van der Waals surface area contributed by atoms with Gasteiger partial charge in [-0.2, -0.15) is 0 Å². The number of nitrogens with one attached hydrogen (secondary N) is 1. The Bertz CT molecular complexity index is 744. The van der Waals surface area contributed by atoms with Gasteiger partial charge in [0.25, 0.3) is 0 Å². The molecule has 0 amide bonds. The molecule has 0 aliphatic heterocycles. The van der Waals surface area contributed by atoms with Gasteiger partial charge in [-0.1, -0.05) is 40.2 Å². The van der Waals surface area contributed by atoms with E-state index in [1.807, 2.05) is 31.2 Å². The van der Waals surface area contributed by atoms with Crippen molar-refractivity contribution in [1.29, 1.82) is 0 Å². The third-order valence-corrected chi connectivity index (χ3v) is 5.38. The third-order valence-electron chi connectivity index (χ3n) is 3.21. The Labute approximate surface area is 133 Å². The highest BCUT2D eigenvalue weighted by Crippen LogP contribution is 2.18. The van der Waals surface area contributed by atoms with E-state index in [4.69, 9.17) is 0 Å². The van der Waals surface area contributed by atoms with Crippen molar-refractivity contribution < 1.29 is 13.5 Å². The number of hydrogen-bond donors (Lipinski definition) is 2. The molecule has 4 nitrogen and oxygen atoms in total. The highest BCUT2D eigenvalue weighted by atomic mass is 79.9. The van der Waals surface area contributed by atoms with Crippen LogP contribution in [0.25, 0.3) is 0 Å². The Kier molecular flexibility index (Phi) is 5.16. The van der Waals surface area contributed by atoms with Crippen LogP contribution in [0.15, 0.2) is 51.8 Å². The molecule has 0 aliphatic rings. The maximum Gasteiger partial charge on any atom is 0.240 e. The Morgan fingerprint density at radius 1 is 1.14 bits per heavy atom. The van der Waals surface area contributed by atoms with Crippen LogP contribution in [-0.2, 0) is 23.2 Å². The largest absolute Gasteiger partial charge is 0.392 e. The summed E-state index contributed by atoms with van der Waals surface area (Å²) in [6, 6.07) is 12.2. The lowest BCUT2D eigenvalue weighted by molar-refractivity contribution is 0.280. The maximum atomic E-state index is 12.3. The second-order valence-electron chi connectivity index (χ2n) is 4.66. The first-order valence-corrected chi connectivity index (χ1v) is 8.65. The number of hydrogen-bond acceptors (Lipinski definition) is 3. The van der Waals surface area contributed by atoms with Crippen molar-refractivity contribution in [3.63, 3.8) is 0 Å². The van der Waals surface area contributed by atoms with E-state index in [0.717, 1.165) is 15.6 Å². The molecule has 2 aromatic carbocycles. The lowest BCUT2D eigenvalue weighted by Crippen LogP contribution is -2.23. The van der Waals surface area contributed by atoms with Crippen molar-refractivity contribution in [1.82, 2.24) is 4.72 Å². The van der Waals surface area contributed by atoms with Crippen LogP contribution in [0.4, 0.5) is 0 Å². The van der Waals surface area contributed by atoms with E-state index in [2.05, 4.69) is 20.7 Å². The molecule has 2 rings (SSSR count). The summed E-state index contributed by atoms with van der Waals surface area (Å²) in [6.07, 6.45) is 0. The topological polar surface area (TPSA) is 66.4 Å². The minimum atomic E-state index is -3.61. The molecular formula is C15H16BrNO3S. The lowest BCUT2D eigenvalue weighted by Gasteiger charge is -2.10. The van der Waals surface area contributed by atoms with Crippen LogP contribution in [0, 0.1) is 6.92 Å². The van der Waals surface area contributed by atoms with E-state index in [-0.39, 0.29) is 18.0 Å². The average Bonchev–Trinajstić information content (AvgIpc) is 2.46. The Hall–Kier alpha value is -1.21. The highest BCUT2D eigenvalue weighted by molar-refractivity contribution is 9.10. The number of aliphatic hydroxyl groups excluding tert-OH is 1. The van der Waals surface area contributed by atoms with Crippen molar-refractivity contribution in [3.05, 3.63) is 63.6 Å². The van der Waals surface area contributed by atoms with Crippen molar-refractivity contribution >= 4 is 26.0 Å². The molecule has 112 valence electrons. The number of halogens is 1. The summed E-state index contributed by atoms with van der Waals surface area (Å²) in [5, 5.41) is 9.23. The molecule has 0 saturated heterocycles. The normalized spacial score (nSPS) is 11.6. The number of rotatable bonds is 5. The first-order valence-electron chi connectivity index (χ1n) is 6.37. The van der Waals surface area contributed by atoms with Gasteiger partial charge in [0.15, 0.2) is 0 Å². The van der Waals surface area contributed by atoms with Gasteiger partial charge in [-0.3, -0.25) is 0 Å². The summed E-state index contributed by atoms with van der Waals surface area (Å²) in [7, 11) is -3.61. The fourth-order valence-corrected chi connectivity index (χ4v) is 3.36. The van der Waals surface area contributed by atoms with Crippen molar-refractivity contribution in [2.75, 3.05) is 0 Å². The van der Waals surface area contributed by atoms with Gasteiger partial charge in [0.05, 0.1) is 11.5 Å². The minimum absolute atomic E-state index is 0.157. The molecule has 0 fully saturated rings. The van der Waals surface area contributed by atoms with Crippen LogP contribution in [0.5, 0.6) is 0 Å². The second kappa shape index (κ2) is 6.70. The maximum absolute atomic E-state index is 12.3. The van der Waals surface area contributed by atoms with Gasteiger partial charge in [-0.05, 0) is 41.8 Å². The molecular weight excluding hydrogens is 354 g/mol. The number of aliphatic hydroxyl groups is 1. The Balaban J connectivity index is 2.21. The first kappa shape index (κ1) is 16.2. The van der Waals surface area contributed by atoms with E-state index in [0.29, 0.717) is 5.56 Å². The second-order valence-corrected chi connectivity index (χ2v) is 7.28. The van der Waals surface area contributed by atoms with Gasteiger partial charge in [0.1, 0.15) is 0 Å². The fourth-order valence-electron chi connectivity index (χ4n) is 1.88. The molecule has 0 heterocycles. The molecule has 21 heavy (non-hydrogen) atoms. The van der Waals surface area contributed by atoms with E-state index < -0.39 is 10.0 Å². The van der Waals surface area contributed by atoms with E-state index in [9.17, 15) is 13.5 Å². The van der Waals surface area contributed by atoms with E-state index in [1.165, 1.54) is 12.1 Å². The lowest BCUT2D eigenvalue weighted by atomic mass is 10.1. The number of sulfonamides is 1. The van der Waals surface area contributed by atoms with Gasteiger partial charge in [-0.25, -0.2) is 13.1 Å². The summed E-state index contributed by atoms with van der Waals surface area (Å²) in [5.74, 6) is 0. The summed E-state index contributed by atoms with van der Waals surface area (Å²) < 4.78 is 28.0. The average molecular weight is 370 g/mol. The molecule has 0 unspecified atom stereocenters. The quantitative estimate of drug-likeness (QED) is 0.851. The molecule has 0 atom stereocenters. The predicted octanol–water partition coefficient (Wildman–Crippen LogP) is 2.73. The summed E-state index contributed by atoms with van der Waals surface area (Å²) in [5.41, 5.74) is 2.33. The molecule has 0 aliphatic carbocycles. The standard InChI is InChI=1S/C15H16BrNO3S/c1-11-6-7-14(8-13(11)10-18)21(19,20)17-9-12-4-2-3-5-15(12)16/h2-8,17-18H,9-10H2,1H3. The highest BCUT2D eigenvalue weighted by Gasteiger charge is 2.15. The predicted molar refractivity (Wildman–Crippen MR) is 85.3 cm³/mol. The summed E-state index contributed by atoms with van der Waals surface area (Å²) in [4.78, 5) is 0.157. The molecule has 2 aromatic rings. The Morgan fingerprint density at radius 3 is 2.52 bits per heavy atom. The molecule has 0 radical (unpaired) electrons. The minimum Gasteiger partial charge on any atom is -0.392 e. The molecule has 2 N–H and O–H groups in total. The van der Waals surface area contributed by atoms with Crippen LogP contribution < -0.4 is 4.72 Å². The van der Waals surface area contributed by atoms with Crippen LogP contribution >= 0.6 is 15.9 Å². The van der Waals surface area contributed by atoms with Crippen molar-refractivity contribution in [2.45, 2.75) is 25.0 Å². The van der Waals surface area contributed by atoms with Crippen molar-refractivity contribution in [2.24, 2.45) is 0 Å². The van der Waals surface area contributed by atoms with Gasteiger partial charge in [-0.15, -0.1) is 0 Å². The third kappa shape index (κ3) is 3.91. The molecule has 0 spiro atoms. The first-order chi connectivity index (χ1) is 9.94. The zero-order valence-corrected chi connectivity index (χ0v) is 13.9. The van der Waals surface area contributed by atoms with Crippen LogP contribution in [-0.4, -0.2) is 13.5 Å².